The van der Waals surface area contributed by atoms with Crippen molar-refractivity contribution in [2.45, 2.75) is 28.0 Å². The minimum Gasteiger partial charge on any atom is -0.382 e. The van der Waals surface area contributed by atoms with Gasteiger partial charge in [-0.2, -0.15) is 0 Å². The van der Waals surface area contributed by atoms with E-state index in [1.54, 1.807) is 0 Å². The lowest BCUT2D eigenvalue weighted by Gasteiger charge is -2.08. The van der Waals surface area contributed by atoms with Crippen LogP contribution in [0.2, 0.25) is 0 Å². The summed E-state index contributed by atoms with van der Waals surface area (Å²) in [5.74, 6) is 0. The number of rotatable bonds is 4. The summed E-state index contributed by atoms with van der Waals surface area (Å²) in [6, 6.07) is 0. The zero-order valence-corrected chi connectivity index (χ0v) is 10.6. The molecule has 0 amide bonds. The normalized spacial score (nSPS) is 15.7. The Bertz CT molecular complexity index is 120. The van der Waals surface area contributed by atoms with Crippen molar-refractivity contribution >= 4 is 45.2 Å². The van der Waals surface area contributed by atoms with Crippen molar-refractivity contribution in [3.05, 3.63) is 11.6 Å². The Kier molecular flexibility index (Phi) is 7.29. The third-order valence-electron chi connectivity index (χ3n) is 1.27. The van der Waals surface area contributed by atoms with Gasteiger partial charge in [0.15, 0.2) is 0 Å². The van der Waals surface area contributed by atoms with Crippen LogP contribution in [0.3, 0.4) is 0 Å². The number of hydrogen-bond acceptors (Lipinski definition) is 2. The summed E-state index contributed by atoms with van der Waals surface area (Å²) < 4.78 is -0.678. The summed E-state index contributed by atoms with van der Waals surface area (Å²) in [5, 5.41) is 18.1. The summed E-state index contributed by atoms with van der Waals surface area (Å²) >= 11 is 3.92. The fourth-order valence-corrected chi connectivity index (χ4v) is 1.88. The third-order valence-corrected chi connectivity index (χ3v) is 2.15. The first-order valence-electron chi connectivity index (χ1n) is 3.34. The molecular weight excluding hydrogens is 370 g/mol. The van der Waals surface area contributed by atoms with Gasteiger partial charge in [-0.1, -0.05) is 56.8 Å². The maximum Gasteiger partial charge on any atom is 0.109 e. The second-order valence-electron chi connectivity index (χ2n) is 2.22. The maximum atomic E-state index is 9.03. The van der Waals surface area contributed by atoms with Crippen molar-refractivity contribution in [3.8, 4) is 0 Å². The monoisotopic (exact) mass is 382 g/mol. The van der Waals surface area contributed by atoms with Gasteiger partial charge in [0.05, 0.1) is 0 Å². The zero-order valence-electron chi connectivity index (χ0n) is 6.30. The van der Waals surface area contributed by atoms with Gasteiger partial charge in [-0.05, 0) is 6.92 Å². The molecule has 2 N–H and O–H groups in total. The molecule has 2 atom stereocenters. The zero-order chi connectivity index (χ0) is 8.85. The van der Waals surface area contributed by atoms with Gasteiger partial charge in [0, 0.05) is 12.8 Å². The molecule has 0 spiro atoms. The Morgan fingerprint density at radius 2 is 1.64 bits per heavy atom. The minimum absolute atomic E-state index is 0.339. The summed E-state index contributed by atoms with van der Waals surface area (Å²) in [5.41, 5.74) is 1.11. The number of halogens is 2. The molecule has 0 fully saturated rings. The molecule has 0 aromatic rings. The predicted octanol–water partition coefficient (Wildman–Crippen LogP) is 2.22. The van der Waals surface area contributed by atoms with E-state index in [4.69, 9.17) is 10.2 Å². The van der Waals surface area contributed by atoms with Gasteiger partial charge in [-0.25, -0.2) is 0 Å². The van der Waals surface area contributed by atoms with Gasteiger partial charge >= 0.3 is 0 Å². The molecule has 2 nitrogen and oxygen atoms in total. The van der Waals surface area contributed by atoms with E-state index in [2.05, 4.69) is 0 Å². The highest BCUT2D eigenvalue weighted by atomic mass is 127. The number of allylic oxidation sites excluding steroid dienone is 1. The van der Waals surface area contributed by atoms with Crippen molar-refractivity contribution in [2.75, 3.05) is 0 Å². The number of aliphatic hydroxyl groups excluding tert-OH is 2. The molecule has 0 aliphatic heterocycles. The Balaban J connectivity index is 3.79. The third kappa shape index (κ3) is 7.48. The standard InChI is InChI=1S/C7H12I2O2/c1-2-5(3-6(8)10)4-7(9)11/h2,6-7,10-11H,3-4H2,1H3. The summed E-state index contributed by atoms with van der Waals surface area (Å²) in [6.45, 7) is 1.92. The molecule has 0 aromatic carbocycles. The average Bonchev–Trinajstić information content (AvgIpc) is 1.84. The van der Waals surface area contributed by atoms with Crippen LogP contribution in [-0.2, 0) is 0 Å². The van der Waals surface area contributed by atoms with E-state index in [9.17, 15) is 0 Å². The fraction of sp³-hybridized carbons (Fsp3) is 0.714. The number of aliphatic hydroxyl groups is 2. The lowest BCUT2D eigenvalue weighted by Crippen LogP contribution is -2.02. The van der Waals surface area contributed by atoms with Gasteiger partial charge < -0.3 is 10.2 Å². The molecule has 0 radical (unpaired) electrons. The maximum absolute atomic E-state index is 9.03. The van der Waals surface area contributed by atoms with E-state index in [1.165, 1.54) is 0 Å². The number of alkyl halides is 2. The summed E-state index contributed by atoms with van der Waals surface area (Å²) in [6.07, 6.45) is 3.25. The number of hydrogen-bond donors (Lipinski definition) is 2. The Labute approximate surface area is 94.4 Å². The van der Waals surface area contributed by atoms with E-state index < -0.39 is 0 Å². The second kappa shape index (κ2) is 6.62. The average molecular weight is 382 g/mol. The van der Waals surface area contributed by atoms with E-state index in [-0.39, 0.29) is 8.22 Å². The Morgan fingerprint density at radius 3 is 1.82 bits per heavy atom. The van der Waals surface area contributed by atoms with Crippen LogP contribution in [0.1, 0.15) is 19.8 Å². The van der Waals surface area contributed by atoms with Crippen LogP contribution >= 0.6 is 45.2 Å². The van der Waals surface area contributed by atoms with Crippen LogP contribution in [0, 0.1) is 0 Å². The van der Waals surface area contributed by atoms with Gasteiger partial charge in [-0.3, -0.25) is 0 Å². The molecule has 0 saturated heterocycles. The van der Waals surface area contributed by atoms with Gasteiger partial charge in [0.1, 0.15) is 8.22 Å². The van der Waals surface area contributed by atoms with Crippen molar-refractivity contribution in [1.29, 1.82) is 0 Å². The quantitative estimate of drug-likeness (QED) is 0.445. The Hall–Kier alpha value is 1.12. The molecule has 2 unspecified atom stereocenters. The first-order valence-corrected chi connectivity index (χ1v) is 5.83. The van der Waals surface area contributed by atoms with Crippen molar-refractivity contribution in [1.82, 2.24) is 0 Å². The van der Waals surface area contributed by atoms with Gasteiger partial charge in [-0.15, -0.1) is 0 Å². The highest BCUT2D eigenvalue weighted by Crippen LogP contribution is 2.18. The molecular formula is C7H12I2O2. The summed E-state index contributed by atoms with van der Waals surface area (Å²) in [7, 11) is 0. The molecule has 0 rings (SSSR count). The first kappa shape index (κ1) is 12.1. The molecule has 4 heteroatoms. The van der Waals surface area contributed by atoms with Crippen molar-refractivity contribution < 1.29 is 10.2 Å². The molecule has 0 heterocycles. The largest absolute Gasteiger partial charge is 0.382 e. The lowest BCUT2D eigenvalue weighted by atomic mass is 10.1. The first-order chi connectivity index (χ1) is 5.06. The molecule has 0 saturated carbocycles. The van der Waals surface area contributed by atoms with E-state index in [0.717, 1.165) is 5.57 Å². The minimum atomic E-state index is -0.339. The van der Waals surface area contributed by atoms with Crippen LogP contribution in [0.25, 0.3) is 0 Å². The van der Waals surface area contributed by atoms with Crippen LogP contribution < -0.4 is 0 Å². The van der Waals surface area contributed by atoms with E-state index in [1.807, 2.05) is 58.2 Å². The topological polar surface area (TPSA) is 40.5 Å². The SMILES string of the molecule is CC=C(CC(O)I)CC(O)I. The Morgan fingerprint density at radius 1 is 1.27 bits per heavy atom. The highest BCUT2D eigenvalue weighted by Gasteiger charge is 2.06. The highest BCUT2D eigenvalue weighted by molar-refractivity contribution is 14.1. The van der Waals surface area contributed by atoms with Crippen molar-refractivity contribution in [2.24, 2.45) is 0 Å². The smallest absolute Gasteiger partial charge is 0.109 e. The molecule has 11 heavy (non-hydrogen) atoms. The molecule has 0 aromatic heterocycles. The summed E-state index contributed by atoms with van der Waals surface area (Å²) in [4.78, 5) is 0. The second-order valence-corrected chi connectivity index (χ2v) is 5.10. The molecule has 66 valence electrons. The predicted molar refractivity (Wildman–Crippen MR) is 63.0 cm³/mol. The molecule has 0 aliphatic rings. The van der Waals surface area contributed by atoms with Gasteiger partial charge in [0.2, 0.25) is 0 Å². The fourth-order valence-electron chi connectivity index (χ4n) is 0.752. The van der Waals surface area contributed by atoms with E-state index >= 15 is 0 Å². The van der Waals surface area contributed by atoms with Crippen LogP contribution in [0.15, 0.2) is 11.6 Å². The van der Waals surface area contributed by atoms with Crippen LogP contribution in [-0.4, -0.2) is 18.4 Å². The van der Waals surface area contributed by atoms with Crippen molar-refractivity contribution in [3.63, 3.8) is 0 Å². The van der Waals surface area contributed by atoms with E-state index in [0.29, 0.717) is 12.8 Å². The van der Waals surface area contributed by atoms with Crippen LogP contribution in [0.4, 0.5) is 0 Å². The van der Waals surface area contributed by atoms with Crippen LogP contribution in [0.5, 0.6) is 0 Å². The molecule has 0 bridgehead atoms. The van der Waals surface area contributed by atoms with Gasteiger partial charge in [0.25, 0.3) is 0 Å². The molecule has 0 aliphatic carbocycles. The lowest BCUT2D eigenvalue weighted by molar-refractivity contribution is 0.260.